The molecule has 0 saturated heterocycles. The van der Waals surface area contributed by atoms with Gasteiger partial charge >= 0.3 is 0 Å². The number of aryl methyl sites for hydroxylation is 1. The van der Waals surface area contributed by atoms with Gasteiger partial charge in [0.2, 0.25) is 0 Å². The molecule has 0 amide bonds. The first-order valence-electron chi connectivity index (χ1n) is 8.32. The first-order chi connectivity index (χ1) is 11.6. The monoisotopic (exact) mass is 341 g/mol. The second-order valence-electron chi connectivity index (χ2n) is 6.39. The zero-order valence-electron chi connectivity index (χ0n) is 13.9. The lowest BCUT2D eigenvalue weighted by atomic mass is 10.0. The van der Waals surface area contributed by atoms with Crippen LogP contribution in [0.2, 0.25) is 0 Å². The van der Waals surface area contributed by atoms with Gasteiger partial charge in [-0.1, -0.05) is 24.3 Å². The van der Waals surface area contributed by atoms with E-state index in [0.717, 1.165) is 47.4 Å². The Morgan fingerprint density at radius 1 is 1.38 bits per heavy atom. The summed E-state index contributed by atoms with van der Waals surface area (Å²) in [4.78, 5) is 21.4. The largest absolute Gasteiger partial charge is 0.334 e. The number of hydrogen-bond donors (Lipinski definition) is 2. The molecule has 1 unspecified atom stereocenters. The molecule has 4 rings (SSSR count). The second kappa shape index (κ2) is 5.72. The van der Waals surface area contributed by atoms with Gasteiger partial charge < -0.3 is 10.7 Å². The maximum Gasteiger partial charge on any atom is 0.281 e. The molecule has 1 aromatic carbocycles. The highest BCUT2D eigenvalue weighted by atomic mass is 32.1. The van der Waals surface area contributed by atoms with Crippen LogP contribution in [-0.4, -0.2) is 22.7 Å². The fourth-order valence-electron chi connectivity index (χ4n) is 3.50. The van der Waals surface area contributed by atoms with Crippen molar-refractivity contribution in [1.29, 1.82) is 0 Å². The molecule has 2 aromatic heterocycles. The van der Waals surface area contributed by atoms with E-state index >= 15 is 0 Å². The van der Waals surface area contributed by atoms with E-state index in [4.69, 9.17) is 10.8 Å². The quantitative estimate of drug-likeness (QED) is 0.686. The van der Waals surface area contributed by atoms with Crippen LogP contribution in [0.4, 0.5) is 0 Å². The molecule has 0 bridgehead atoms. The maximum absolute atomic E-state index is 12.9. The summed E-state index contributed by atoms with van der Waals surface area (Å²) in [7, 11) is 0. The topological polar surface area (TPSA) is 65.3 Å². The van der Waals surface area contributed by atoms with Crippen LogP contribution >= 0.6 is 11.3 Å². The van der Waals surface area contributed by atoms with E-state index in [1.165, 1.54) is 15.1 Å². The molecule has 124 valence electrons. The van der Waals surface area contributed by atoms with Gasteiger partial charge in [0.1, 0.15) is 11.4 Å². The van der Waals surface area contributed by atoms with Crippen LogP contribution < -0.4 is 16.3 Å². The van der Waals surface area contributed by atoms with Crippen molar-refractivity contribution in [2.45, 2.75) is 26.8 Å². The molecule has 5 nitrogen and oxygen atoms in total. The molecule has 1 aliphatic rings. The smallest absolute Gasteiger partial charge is 0.281 e. The minimum absolute atomic E-state index is 0.129. The molecule has 1 aliphatic heterocycles. The fourth-order valence-corrected chi connectivity index (χ4v) is 4.79. The number of nitrogens with zero attached hydrogens (tertiary/aromatic N) is 2. The number of thiophene rings is 1. The van der Waals surface area contributed by atoms with Gasteiger partial charge in [-0.25, -0.2) is 9.66 Å². The number of nitrogen functional groups attached to an aromatic ring is 1. The van der Waals surface area contributed by atoms with Crippen LogP contribution in [0.5, 0.6) is 0 Å². The predicted molar refractivity (Wildman–Crippen MR) is 98.0 cm³/mol. The van der Waals surface area contributed by atoms with Crippen LogP contribution in [0.3, 0.4) is 0 Å². The Hall–Kier alpha value is -2.18. The van der Waals surface area contributed by atoms with Crippen LogP contribution in [0.15, 0.2) is 29.1 Å². The number of aromatic nitrogens is 2. The third-order valence-electron chi connectivity index (χ3n) is 4.97. The summed E-state index contributed by atoms with van der Waals surface area (Å²) in [5.74, 6) is 6.68. The van der Waals surface area contributed by atoms with Crippen molar-refractivity contribution >= 4 is 21.6 Å². The highest BCUT2D eigenvalue weighted by molar-refractivity contribution is 7.18. The van der Waals surface area contributed by atoms with E-state index in [0.29, 0.717) is 5.82 Å². The standard InChI is InChI=1S/C18H20N4OS/c1-3-21-9-8-13-14(10-21)24-17-15(13)18(23)22(19)16(20-17)12-7-5-4-6-11(12)2/h4-7H,3,8-10,19H2,1-2H3/p+1. The van der Waals surface area contributed by atoms with Gasteiger partial charge in [0, 0.05) is 12.0 Å². The summed E-state index contributed by atoms with van der Waals surface area (Å²) in [5.41, 5.74) is 3.01. The van der Waals surface area contributed by atoms with Crippen molar-refractivity contribution in [1.82, 2.24) is 9.66 Å². The van der Waals surface area contributed by atoms with E-state index in [1.54, 1.807) is 16.2 Å². The highest BCUT2D eigenvalue weighted by Crippen LogP contribution is 2.31. The number of fused-ring (bicyclic) bond motifs is 3. The zero-order valence-corrected chi connectivity index (χ0v) is 14.7. The molecule has 0 fully saturated rings. The Morgan fingerprint density at radius 3 is 2.92 bits per heavy atom. The van der Waals surface area contributed by atoms with Crippen molar-refractivity contribution in [3.05, 3.63) is 50.6 Å². The van der Waals surface area contributed by atoms with Crippen molar-refractivity contribution in [3.63, 3.8) is 0 Å². The van der Waals surface area contributed by atoms with Gasteiger partial charge in [0.25, 0.3) is 5.56 Å². The Bertz CT molecular complexity index is 989. The first kappa shape index (κ1) is 15.4. The number of hydrogen-bond acceptors (Lipinski definition) is 4. The van der Waals surface area contributed by atoms with Gasteiger partial charge in [-0.05, 0) is 25.0 Å². The molecular formula is C18H21N4OS+. The van der Waals surface area contributed by atoms with E-state index in [-0.39, 0.29) is 5.56 Å². The van der Waals surface area contributed by atoms with E-state index in [1.807, 2.05) is 31.2 Å². The highest BCUT2D eigenvalue weighted by Gasteiger charge is 2.26. The molecule has 0 saturated carbocycles. The SMILES string of the molecule is CC[NH+]1CCc2c(sc3nc(-c4ccccc4C)n(N)c(=O)c23)C1. The van der Waals surface area contributed by atoms with Gasteiger partial charge in [-0.3, -0.25) is 4.79 Å². The molecule has 3 aromatic rings. The number of likely N-dealkylation sites (N-methyl/N-ethyl adjacent to an activating group) is 1. The maximum atomic E-state index is 12.9. The van der Waals surface area contributed by atoms with E-state index < -0.39 is 0 Å². The normalized spacial score (nSPS) is 17.2. The number of quaternary nitrogens is 1. The lowest BCUT2D eigenvalue weighted by molar-refractivity contribution is -0.913. The Balaban J connectivity index is 1.96. The lowest BCUT2D eigenvalue weighted by Crippen LogP contribution is -3.11. The number of nitrogens with two attached hydrogens (primary N) is 1. The number of rotatable bonds is 2. The van der Waals surface area contributed by atoms with Crippen LogP contribution in [0.25, 0.3) is 21.6 Å². The molecule has 3 N–H and O–H groups in total. The van der Waals surface area contributed by atoms with Gasteiger partial charge in [0.15, 0.2) is 5.82 Å². The van der Waals surface area contributed by atoms with E-state index in [9.17, 15) is 4.79 Å². The minimum Gasteiger partial charge on any atom is -0.334 e. The summed E-state index contributed by atoms with van der Waals surface area (Å²) in [5, 5.41) is 0.727. The Kier molecular flexibility index (Phi) is 3.66. The summed E-state index contributed by atoms with van der Waals surface area (Å²) in [6.07, 6.45) is 0.930. The van der Waals surface area contributed by atoms with Gasteiger partial charge in [-0.15, -0.1) is 11.3 Å². The fraction of sp³-hybridized carbons (Fsp3) is 0.333. The van der Waals surface area contributed by atoms with Crippen LogP contribution in [-0.2, 0) is 13.0 Å². The van der Waals surface area contributed by atoms with Crippen LogP contribution in [0, 0.1) is 6.92 Å². The van der Waals surface area contributed by atoms with E-state index in [2.05, 4.69) is 6.92 Å². The van der Waals surface area contributed by atoms with Crippen molar-refractivity contribution in [3.8, 4) is 11.4 Å². The average molecular weight is 341 g/mol. The molecule has 1 atom stereocenters. The first-order valence-corrected chi connectivity index (χ1v) is 9.13. The summed E-state index contributed by atoms with van der Waals surface area (Å²) in [6, 6.07) is 7.89. The molecule has 0 spiro atoms. The summed E-state index contributed by atoms with van der Waals surface area (Å²) < 4.78 is 1.22. The molecule has 0 aliphatic carbocycles. The second-order valence-corrected chi connectivity index (χ2v) is 7.47. The predicted octanol–water partition coefficient (Wildman–Crippen LogP) is 1.11. The minimum atomic E-state index is -0.129. The van der Waals surface area contributed by atoms with Crippen molar-refractivity contribution in [2.24, 2.45) is 0 Å². The molecule has 6 heteroatoms. The zero-order chi connectivity index (χ0) is 16.8. The van der Waals surface area contributed by atoms with Crippen molar-refractivity contribution < 1.29 is 4.90 Å². The molecule has 24 heavy (non-hydrogen) atoms. The van der Waals surface area contributed by atoms with Crippen LogP contribution in [0.1, 0.15) is 22.9 Å². The third kappa shape index (κ3) is 2.25. The van der Waals surface area contributed by atoms with Gasteiger partial charge in [0.05, 0.1) is 23.4 Å². The average Bonchev–Trinajstić information content (AvgIpc) is 2.96. The molecule has 0 radical (unpaired) electrons. The lowest BCUT2D eigenvalue weighted by Gasteiger charge is -2.22. The molecule has 3 heterocycles. The summed E-state index contributed by atoms with van der Waals surface area (Å²) >= 11 is 1.66. The Morgan fingerprint density at radius 2 is 2.17 bits per heavy atom. The molecular weight excluding hydrogens is 320 g/mol. The van der Waals surface area contributed by atoms with Crippen molar-refractivity contribution in [2.75, 3.05) is 18.9 Å². The number of nitrogens with one attached hydrogen (secondary N) is 1. The summed E-state index contributed by atoms with van der Waals surface area (Å²) in [6.45, 7) is 7.37. The Labute approximate surface area is 144 Å². The third-order valence-corrected chi connectivity index (χ3v) is 6.09. The number of benzene rings is 1. The van der Waals surface area contributed by atoms with Gasteiger partial charge in [-0.2, -0.15) is 0 Å².